The molecule has 2 aliphatic carbocycles. The van der Waals surface area contributed by atoms with Gasteiger partial charge >= 0.3 is 0 Å². The van der Waals surface area contributed by atoms with Crippen molar-refractivity contribution in [2.75, 3.05) is 46.9 Å². The van der Waals surface area contributed by atoms with E-state index in [0.717, 1.165) is 65.9 Å². The Hall–Kier alpha value is -4.25. The summed E-state index contributed by atoms with van der Waals surface area (Å²) in [5.74, 6) is 4.44. The number of aliphatic hydroxyl groups excluding tert-OH is 1. The Balaban J connectivity index is 0.000000306. The Labute approximate surface area is 564 Å². The number of carbonyl (C=O) groups is 3. The zero-order valence-electron chi connectivity index (χ0n) is 60.7. The maximum Gasteiger partial charge on any atom is 0.238 e. The van der Waals surface area contributed by atoms with Crippen LogP contribution in [-0.2, 0) is 71.7 Å². The SMILES string of the molecule is C#CC[C@@H](C(C)=O)[C@@H](O)C[C@@H](CCO[Si](C)(C)C(C)(C)C)OCc1ccc(OC)cc1.COc1ccc(CO[C@@H](CC=O)CCO[Si](C)(C)C(C)(C)C)cc1.COc1ccc(CO[C@H](CCO[Si](C)(C)C(C)(C)C)CC(=O)N2C3CC4CC[C@]3(CS2(=O)=O)C4(C)C)cc1. The van der Waals surface area contributed by atoms with Crippen LogP contribution in [0, 0.1) is 35.0 Å². The predicted octanol–water partition coefficient (Wildman–Crippen LogP) is 15.3. The van der Waals surface area contributed by atoms with E-state index in [2.05, 4.69) is 121 Å². The van der Waals surface area contributed by atoms with Crippen molar-refractivity contribution in [2.45, 2.75) is 252 Å². The molecule has 1 amide bonds. The van der Waals surface area contributed by atoms with Crippen molar-refractivity contribution in [1.82, 2.24) is 4.31 Å². The molecular formula is C73H119NO15SSi3. The highest BCUT2D eigenvalue weighted by Gasteiger charge is 2.72. The largest absolute Gasteiger partial charge is 0.497 e. The molecule has 2 saturated carbocycles. The minimum absolute atomic E-state index is 0.0356. The van der Waals surface area contributed by atoms with Crippen LogP contribution in [0.3, 0.4) is 0 Å². The van der Waals surface area contributed by atoms with E-state index in [-0.39, 0.29) is 74.5 Å². The monoisotopic (exact) mass is 1370 g/mol. The average Bonchev–Trinajstić information content (AvgIpc) is 1.51. The van der Waals surface area contributed by atoms with E-state index in [1.54, 1.807) is 21.3 Å². The van der Waals surface area contributed by atoms with Gasteiger partial charge in [0.25, 0.3) is 0 Å². The summed E-state index contributed by atoms with van der Waals surface area (Å²) >= 11 is 0. The fourth-order valence-electron chi connectivity index (χ4n) is 11.7. The Morgan fingerprint density at radius 2 is 1.03 bits per heavy atom. The van der Waals surface area contributed by atoms with Gasteiger partial charge in [0.1, 0.15) is 29.3 Å². The fourth-order valence-corrected chi connectivity index (χ4v) is 17.4. The second kappa shape index (κ2) is 34.8. The second-order valence-corrected chi connectivity index (χ2v) is 47.2. The number of terminal acetylenes is 1. The summed E-state index contributed by atoms with van der Waals surface area (Å²) in [6.07, 6.45) is 10.3. The van der Waals surface area contributed by atoms with Crippen LogP contribution in [-0.4, -0.2) is 138 Å². The summed E-state index contributed by atoms with van der Waals surface area (Å²) in [6, 6.07) is 22.9. The lowest BCUT2D eigenvalue weighted by Crippen LogP contribution is -2.45. The Morgan fingerprint density at radius 3 is 1.39 bits per heavy atom. The molecule has 2 unspecified atom stereocenters. The number of benzene rings is 3. The number of aldehydes is 1. The number of ketones is 1. The highest BCUT2D eigenvalue weighted by atomic mass is 32.2. The molecule has 524 valence electrons. The first-order chi connectivity index (χ1) is 43.1. The van der Waals surface area contributed by atoms with Gasteiger partial charge in [-0.15, -0.1) is 12.3 Å². The van der Waals surface area contributed by atoms with Crippen LogP contribution in [0.15, 0.2) is 72.8 Å². The highest BCUT2D eigenvalue weighted by molar-refractivity contribution is 7.90. The fraction of sp³-hybridized carbons (Fsp3) is 0.685. The first-order valence-corrected chi connectivity index (χ1v) is 43.7. The molecule has 3 aliphatic rings. The van der Waals surface area contributed by atoms with Gasteiger partial charge in [0.15, 0.2) is 25.0 Å². The van der Waals surface area contributed by atoms with Gasteiger partial charge in [-0.3, -0.25) is 9.59 Å². The van der Waals surface area contributed by atoms with Crippen LogP contribution in [0.25, 0.3) is 0 Å². The Bertz CT molecular complexity index is 2950. The van der Waals surface area contributed by atoms with Gasteiger partial charge in [0.2, 0.25) is 15.9 Å². The van der Waals surface area contributed by atoms with E-state index in [0.29, 0.717) is 71.2 Å². The third-order valence-corrected chi connectivity index (χ3v) is 36.9. The number of rotatable bonds is 33. The third-order valence-electron chi connectivity index (χ3n) is 21.3. The number of methoxy groups -OCH3 is 3. The minimum atomic E-state index is -3.65. The van der Waals surface area contributed by atoms with Crippen molar-refractivity contribution in [1.29, 1.82) is 0 Å². The molecule has 1 N–H and O–H groups in total. The van der Waals surface area contributed by atoms with Crippen molar-refractivity contribution < 1.29 is 69.6 Å². The van der Waals surface area contributed by atoms with Crippen LogP contribution < -0.4 is 14.2 Å². The first kappa shape index (κ1) is 81.2. The smallest absolute Gasteiger partial charge is 0.238 e. The summed E-state index contributed by atoms with van der Waals surface area (Å²) in [5.41, 5.74) is 2.66. The molecule has 1 saturated heterocycles. The molecule has 3 aromatic rings. The molecule has 6 rings (SSSR count). The Morgan fingerprint density at radius 1 is 0.656 bits per heavy atom. The lowest BCUT2D eigenvalue weighted by atomic mass is 9.69. The van der Waals surface area contributed by atoms with E-state index in [1.807, 2.05) is 72.8 Å². The van der Waals surface area contributed by atoms with Crippen LogP contribution in [0.5, 0.6) is 17.2 Å². The van der Waals surface area contributed by atoms with Crippen molar-refractivity contribution >= 4 is 53.0 Å². The van der Waals surface area contributed by atoms with Crippen LogP contribution in [0.2, 0.25) is 54.4 Å². The standard InChI is InChI=1S/C29H47NO6SSi.C25H40O5Si.C19H32O4Si/c1-27(2,3)38(7,8)36-16-14-24(35-19-21-9-11-23(34-6)12-10-21)18-26(31)30-25-17-22-13-15-29(25,28(22,4)5)20-37(30,32)33;1-9-10-23(19(2)26)24(27)17-22(15-16-30-31(7,8)25(3,4)5)29-18-20-11-13-21(28-6)14-12-20;1-19(2,3)24(5,6)23-14-12-18(11-13-20)22-15-16-7-9-17(21-4)10-8-16/h9-12,22,24-25H,13-20H2,1-8H3;1,11-14,22-24,27H,10,15-18H2,2-8H3;7-10,13,18H,11-12,14-15H2,1-6H3/t22?,24-,25?,29-;22-,23+,24+;18-/m110/s1. The summed E-state index contributed by atoms with van der Waals surface area (Å²) in [5, 5.41) is 11.1. The first-order valence-electron chi connectivity index (χ1n) is 33.4. The predicted molar refractivity (Wildman–Crippen MR) is 380 cm³/mol. The van der Waals surface area contributed by atoms with E-state index in [4.69, 9.17) is 48.1 Å². The van der Waals surface area contributed by atoms with Crippen molar-refractivity contribution in [3.8, 4) is 29.6 Å². The van der Waals surface area contributed by atoms with Gasteiger partial charge in [-0.1, -0.05) is 113 Å². The molecule has 20 heteroatoms. The lowest BCUT2D eigenvalue weighted by Gasteiger charge is -2.37. The van der Waals surface area contributed by atoms with Gasteiger partial charge in [-0.25, -0.2) is 12.7 Å². The molecule has 3 aromatic carbocycles. The number of aliphatic hydroxyl groups is 1. The molecule has 1 aliphatic heterocycles. The van der Waals surface area contributed by atoms with Crippen LogP contribution >= 0.6 is 0 Å². The number of carbonyl (C=O) groups excluding carboxylic acids is 3. The lowest BCUT2D eigenvalue weighted by molar-refractivity contribution is -0.132. The molecule has 1 heterocycles. The normalized spacial score (nSPS) is 20.1. The molecule has 93 heavy (non-hydrogen) atoms. The number of ether oxygens (including phenoxy) is 6. The number of Topliss-reactive ketones (excluding diaryl/α,β-unsaturated/α-hetero) is 1. The van der Waals surface area contributed by atoms with Gasteiger partial charge in [-0.2, -0.15) is 0 Å². The number of fused-ring (bicyclic) bond motifs is 1. The van der Waals surface area contributed by atoms with Gasteiger partial charge in [0.05, 0.1) is 89.7 Å². The van der Waals surface area contributed by atoms with E-state index in [1.165, 1.54) is 11.2 Å². The molecular weight excluding hydrogens is 1250 g/mol. The van der Waals surface area contributed by atoms with E-state index < -0.39 is 53.1 Å². The van der Waals surface area contributed by atoms with Crippen LogP contribution in [0.4, 0.5) is 0 Å². The summed E-state index contributed by atoms with van der Waals surface area (Å²) < 4.78 is 80.9. The summed E-state index contributed by atoms with van der Waals surface area (Å²) in [4.78, 5) is 36.6. The molecule has 1 spiro atoms. The van der Waals surface area contributed by atoms with Gasteiger partial charge in [-0.05, 0) is 164 Å². The topological polar surface area (TPSA) is 192 Å². The highest BCUT2D eigenvalue weighted by Crippen LogP contribution is 2.70. The zero-order chi connectivity index (χ0) is 70.0. The van der Waals surface area contributed by atoms with E-state index >= 15 is 0 Å². The molecule has 0 aromatic heterocycles. The number of hydrogen-bond acceptors (Lipinski definition) is 15. The van der Waals surface area contributed by atoms with Gasteiger partial charge < -0.3 is 51.6 Å². The molecule has 3 fully saturated rings. The summed E-state index contributed by atoms with van der Waals surface area (Å²) in [6.45, 7) is 42.0. The van der Waals surface area contributed by atoms with Gasteiger partial charge in [0, 0.05) is 44.5 Å². The summed E-state index contributed by atoms with van der Waals surface area (Å²) in [7, 11) is -4.33. The molecule has 0 radical (unpaired) electrons. The van der Waals surface area contributed by atoms with Crippen molar-refractivity contribution in [3.05, 3.63) is 89.5 Å². The Kier molecular flexibility index (Phi) is 30.4. The molecule has 2 bridgehead atoms. The van der Waals surface area contributed by atoms with Crippen molar-refractivity contribution in [3.63, 3.8) is 0 Å². The van der Waals surface area contributed by atoms with E-state index in [9.17, 15) is 27.9 Å². The number of nitrogens with zero attached hydrogens (tertiary/aromatic N) is 1. The maximum absolute atomic E-state index is 13.7. The van der Waals surface area contributed by atoms with Crippen molar-refractivity contribution in [2.24, 2.45) is 22.7 Å². The average molecular weight is 1370 g/mol. The quantitative estimate of drug-likeness (QED) is 0.0344. The van der Waals surface area contributed by atoms with Crippen LogP contribution in [0.1, 0.15) is 164 Å². The molecule has 8 atom stereocenters. The maximum atomic E-state index is 13.7. The second-order valence-electron chi connectivity index (χ2n) is 30.9. The molecule has 16 nitrogen and oxygen atoms in total. The number of sulfonamides is 1. The third kappa shape index (κ3) is 22.9. The zero-order valence-corrected chi connectivity index (χ0v) is 64.5. The minimum Gasteiger partial charge on any atom is -0.497 e. The number of amides is 1. The number of hydrogen-bond donors (Lipinski definition) is 1.